The number of carbonyl (C=O) groups excluding carboxylic acids is 1. The molecule has 1 aliphatic carbocycles. The van der Waals surface area contributed by atoms with E-state index in [2.05, 4.69) is 10.3 Å². The minimum Gasteiger partial charge on any atom is -0.385 e. The second-order valence-corrected chi connectivity index (χ2v) is 5.19. The molecule has 1 N–H and O–H groups in total. The standard InChI is InChI=1S/C15H23N3O/c1-4-16-14-8-11(3)17-9-13(14)15(19)18(5-2)10-12-6-7-12/h8-9,12H,4-7,10H2,1-3H3,(H,16,17). The highest BCUT2D eigenvalue weighted by Crippen LogP contribution is 2.30. The molecule has 2 rings (SSSR count). The molecule has 1 aromatic heterocycles. The zero-order valence-electron chi connectivity index (χ0n) is 12.1. The summed E-state index contributed by atoms with van der Waals surface area (Å²) in [7, 11) is 0. The second kappa shape index (κ2) is 6.04. The van der Waals surface area contributed by atoms with Crippen LogP contribution in [0.1, 0.15) is 42.7 Å². The van der Waals surface area contributed by atoms with Crippen LogP contribution in [0.3, 0.4) is 0 Å². The molecule has 0 unspecified atom stereocenters. The van der Waals surface area contributed by atoms with Crippen molar-refractivity contribution in [2.75, 3.05) is 25.0 Å². The van der Waals surface area contributed by atoms with Gasteiger partial charge in [0.1, 0.15) is 0 Å². The lowest BCUT2D eigenvalue weighted by molar-refractivity contribution is 0.0757. The van der Waals surface area contributed by atoms with Crippen molar-refractivity contribution >= 4 is 11.6 Å². The molecule has 0 radical (unpaired) electrons. The number of aryl methyl sites for hydroxylation is 1. The number of hydrogen-bond acceptors (Lipinski definition) is 3. The van der Waals surface area contributed by atoms with Crippen LogP contribution in [0.5, 0.6) is 0 Å². The molecule has 1 fully saturated rings. The highest BCUT2D eigenvalue weighted by molar-refractivity contribution is 5.99. The number of anilines is 1. The fourth-order valence-electron chi connectivity index (χ4n) is 2.21. The van der Waals surface area contributed by atoms with Gasteiger partial charge in [-0.05, 0) is 45.6 Å². The van der Waals surface area contributed by atoms with Gasteiger partial charge >= 0.3 is 0 Å². The molecular formula is C15H23N3O. The van der Waals surface area contributed by atoms with E-state index in [9.17, 15) is 4.79 Å². The SMILES string of the molecule is CCNc1cc(C)ncc1C(=O)N(CC)CC1CC1. The van der Waals surface area contributed by atoms with E-state index < -0.39 is 0 Å². The van der Waals surface area contributed by atoms with Crippen LogP contribution in [0.4, 0.5) is 5.69 Å². The molecule has 0 aliphatic heterocycles. The molecule has 1 amide bonds. The van der Waals surface area contributed by atoms with Crippen molar-refractivity contribution in [2.24, 2.45) is 5.92 Å². The Morgan fingerprint density at radius 3 is 2.79 bits per heavy atom. The highest BCUT2D eigenvalue weighted by atomic mass is 16.2. The van der Waals surface area contributed by atoms with E-state index in [0.717, 1.165) is 31.0 Å². The first-order chi connectivity index (χ1) is 9.15. The minimum absolute atomic E-state index is 0.0952. The monoisotopic (exact) mass is 261 g/mol. The number of amides is 1. The Labute approximate surface area is 115 Å². The molecule has 1 aliphatic rings. The Kier molecular flexibility index (Phi) is 4.40. The van der Waals surface area contributed by atoms with Crippen molar-refractivity contribution in [3.63, 3.8) is 0 Å². The average Bonchev–Trinajstić information content (AvgIpc) is 3.20. The molecule has 19 heavy (non-hydrogen) atoms. The van der Waals surface area contributed by atoms with Gasteiger partial charge in [-0.25, -0.2) is 0 Å². The Morgan fingerprint density at radius 2 is 2.21 bits per heavy atom. The van der Waals surface area contributed by atoms with E-state index in [1.165, 1.54) is 12.8 Å². The van der Waals surface area contributed by atoms with Gasteiger partial charge in [-0.1, -0.05) is 0 Å². The van der Waals surface area contributed by atoms with Crippen LogP contribution in [0.25, 0.3) is 0 Å². The van der Waals surface area contributed by atoms with Gasteiger partial charge in [0.25, 0.3) is 5.91 Å². The number of nitrogens with one attached hydrogen (secondary N) is 1. The van der Waals surface area contributed by atoms with Gasteiger partial charge in [0.2, 0.25) is 0 Å². The summed E-state index contributed by atoms with van der Waals surface area (Å²) in [5.41, 5.74) is 2.52. The van der Waals surface area contributed by atoms with Crippen LogP contribution in [0.15, 0.2) is 12.3 Å². The van der Waals surface area contributed by atoms with Gasteiger partial charge in [0.15, 0.2) is 0 Å². The summed E-state index contributed by atoms with van der Waals surface area (Å²) in [4.78, 5) is 18.8. The maximum Gasteiger partial charge on any atom is 0.257 e. The Hall–Kier alpha value is -1.58. The molecule has 0 saturated heterocycles. The van der Waals surface area contributed by atoms with Crippen LogP contribution in [0, 0.1) is 12.8 Å². The van der Waals surface area contributed by atoms with E-state index in [-0.39, 0.29) is 5.91 Å². The van der Waals surface area contributed by atoms with Crippen molar-refractivity contribution < 1.29 is 4.79 Å². The molecule has 0 atom stereocenters. The summed E-state index contributed by atoms with van der Waals surface area (Å²) in [5, 5.41) is 3.26. The number of hydrogen-bond donors (Lipinski definition) is 1. The number of rotatable bonds is 6. The molecule has 1 heterocycles. The molecule has 1 aromatic rings. The van der Waals surface area contributed by atoms with Crippen LogP contribution in [-0.4, -0.2) is 35.4 Å². The predicted octanol–water partition coefficient (Wildman–Crippen LogP) is 2.69. The van der Waals surface area contributed by atoms with Gasteiger partial charge in [0, 0.05) is 31.5 Å². The minimum atomic E-state index is 0.0952. The summed E-state index contributed by atoms with van der Waals surface area (Å²) in [5.74, 6) is 0.808. The third kappa shape index (κ3) is 3.46. The largest absolute Gasteiger partial charge is 0.385 e. The normalized spacial score (nSPS) is 14.3. The molecule has 0 aromatic carbocycles. The Morgan fingerprint density at radius 1 is 1.47 bits per heavy atom. The van der Waals surface area contributed by atoms with Gasteiger partial charge in [0.05, 0.1) is 11.3 Å². The summed E-state index contributed by atoms with van der Waals surface area (Å²) in [6, 6.07) is 1.95. The molecule has 0 spiro atoms. The number of aromatic nitrogens is 1. The summed E-state index contributed by atoms with van der Waals surface area (Å²) in [6.45, 7) is 8.46. The van der Waals surface area contributed by atoms with Gasteiger partial charge < -0.3 is 10.2 Å². The van der Waals surface area contributed by atoms with Crippen LogP contribution in [0.2, 0.25) is 0 Å². The topological polar surface area (TPSA) is 45.2 Å². The van der Waals surface area contributed by atoms with E-state index in [1.54, 1.807) is 6.20 Å². The van der Waals surface area contributed by atoms with Gasteiger partial charge in [-0.2, -0.15) is 0 Å². The van der Waals surface area contributed by atoms with Crippen LogP contribution >= 0.6 is 0 Å². The highest BCUT2D eigenvalue weighted by Gasteiger charge is 2.27. The lowest BCUT2D eigenvalue weighted by Crippen LogP contribution is -2.33. The maximum absolute atomic E-state index is 12.6. The fraction of sp³-hybridized carbons (Fsp3) is 0.600. The third-order valence-electron chi connectivity index (χ3n) is 3.48. The molecule has 4 heteroatoms. The summed E-state index contributed by atoms with van der Waals surface area (Å²) >= 11 is 0. The van der Waals surface area contributed by atoms with E-state index in [0.29, 0.717) is 11.5 Å². The molecule has 4 nitrogen and oxygen atoms in total. The van der Waals surface area contributed by atoms with E-state index >= 15 is 0 Å². The lowest BCUT2D eigenvalue weighted by Gasteiger charge is -2.22. The summed E-state index contributed by atoms with van der Waals surface area (Å²) in [6.07, 6.45) is 4.22. The van der Waals surface area contributed by atoms with Crippen molar-refractivity contribution in [3.05, 3.63) is 23.5 Å². The number of carbonyl (C=O) groups is 1. The van der Waals surface area contributed by atoms with E-state index in [4.69, 9.17) is 0 Å². The van der Waals surface area contributed by atoms with Crippen LogP contribution < -0.4 is 5.32 Å². The second-order valence-electron chi connectivity index (χ2n) is 5.19. The zero-order chi connectivity index (χ0) is 13.8. The maximum atomic E-state index is 12.6. The molecule has 1 saturated carbocycles. The quantitative estimate of drug-likeness (QED) is 0.856. The average molecular weight is 261 g/mol. The van der Waals surface area contributed by atoms with Crippen molar-refractivity contribution in [2.45, 2.75) is 33.6 Å². The van der Waals surface area contributed by atoms with E-state index in [1.807, 2.05) is 31.7 Å². The smallest absolute Gasteiger partial charge is 0.257 e. The van der Waals surface area contributed by atoms with Gasteiger partial charge in [-0.15, -0.1) is 0 Å². The van der Waals surface area contributed by atoms with Gasteiger partial charge in [-0.3, -0.25) is 9.78 Å². The molecular weight excluding hydrogens is 238 g/mol. The van der Waals surface area contributed by atoms with Crippen molar-refractivity contribution in [3.8, 4) is 0 Å². The van der Waals surface area contributed by atoms with Crippen molar-refractivity contribution in [1.82, 2.24) is 9.88 Å². The summed E-state index contributed by atoms with van der Waals surface area (Å²) < 4.78 is 0. The zero-order valence-corrected chi connectivity index (χ0v) is 12.1. The predicted molar refractivity (Wildman–Crippen MR) is 77.4 cm³/mol. The third-order valence-corrected chi connectivity index (χ3v) is 3.48. The Bertz CT molecular complexity index is 455. The first-order valence-electron chi connectivity index (χ1n) is 7.15. The Balaban J connectivity index is 2.20. The molecule has 104 valence electrons. The molecule has 0 bridgehead atoms. The first-order valence-corrected chi connectivity index (χ1v) is 7.15. The lowest BCUT2D eigenvalue weighted by atomic mass is 10.1. The van der Waals surface area contributed by atoms with Crippen LogP contribution in [-0.2, 0) is 0 Å². The van der Waals surface area contributed by atoms with Crippen molar-refractivity contribution in [1.29, 1.82) is 0 Å². The number of nitrogens with zero attached hydrogens (tertiary/aromatic N) is 2. The number of pyridine rings is 1. The first kappa shape index (κ1) is 13.8. The fourth-order valence-corrected chi connectivity index (χ4v) is 2.21.